The first-order valence-corrected chi connectivity index (χ1v) is 7.72. The number of nitrogens with zero attached hydrogens (tertiary/aromatic N) is 2. The fourth-order valence-corrected chi connectivity index (χ4v) is 2.64. The number of carbonyl (C=O) groups excluding carboxylic acids is 2. The molecular weight excluding hydrogens is 302 g/mol. The van der Waals surface area contributed by atoms with Crippen LogP contribution in [0.1, 0.15) is 47.2 Å². The van der Waals surface area contributed by atoms with Gasteiger partial charge >= 0.3 is 0 Å². The fraction of sp³-hybridized carbons (Fsp3) is 0.211. The number of nitrogens with two attached hydrogens (primary N) is 1. The zero-order chi connectivity index (χ0) is 17.5. The second kappa shape index (κ2) is 5.60. The average molecular weight is 321 g/mol. The number of primary amides is 1. The van der Waals surface area contributed by atoms with Gasteiger partial charge in [0.1, 0.15) is 0 Å². The molecule has 0 fully saturated rings. The highest BCUT2D eigenvalue weighted by Crippen LogP contribution is 2.23. The molecule has 0 aliphatic carbocycles. The van der Waals surface area contributed by atoms with Crippen molar-refractivity contribution in [1.82, 2.24) is 9.78 Å². The lowest BCUT2D eigenvalue weighted by Gasteiger charge is -2.18. The van der Waals surface area contributed by atoms with Crippen molar-refractivity contribution in [2.45, 2.75) is 26.2 Å². The number of hydrogen-bond donors (Lipinski definition) is 1. The van der Waals surface area contributed by atoms with Crippen LogP contribution in [-0.2, 0) is 5.41 Å². The maximum absolute atomic E-state index is 12.8. The Kier molecular flexibility index (Phi) is 3.72. The van der Waals surface area contributed by atoms with Crippen molar-refractivity contribution in [1.29, 1.82) is 0 Å². The van der Waals surface area contributed by atoms with Gasteiger partial charge in [-0.05, 0) is 29.2 Å². The lowest BCUT2D eigenvalue weighted by atomic mass is 9.87. The van der Waals surface area contributed by atoms with E-state index in [1.807, 2.05) is 12.1 Å². The summed E-state index contributed by atoms with van der Waals surface area (Å²) < 4.78 is 1.24. The van der Waals surface area contributed by atoms with Crippen LogP contribution >= 0.6 is 0 Å². The number of carbonyl (C=O) groups is 2. The smallest absolute Gasteiger partial charge is 0.278 e. The number of amides is 1. The number of rotatable bonds is 2. The number of benzene rings is 2. The first-order valence-electron chi connectivity index (χ1n) is 7.72. The molecule has 122 valence electrons. The van der Waals surface area contributed by atoms with Gasteiger partial charge in [0.2, 0.25) is 0 Å². The first kappa shape index (κ1) is 15.9. The summed E-state index contributed by atoms with van der Waals surface area (Å²) in [6.07, 6.45) is 0. The summed E-state index contributed by atoms with van der Waals surface area (Å²) in [5.74, 6) is -0.944. The summed E-state index contributed by atoms with van der Waals surface area (Å²) in [4.78, 5) is 24.4. The van der Waals surface area contributed by atoms with Crippen LogP contribution in [0.3, 0.4) is 0 Å². The van der Waals surface area contributed by atoms with Gasteiger partial charge in [-0.15, -0.1) is 0 Å². The Balaban J connectivity index is 2.08. The Morgan fingerprint density at radius 1 is 1.00 bits per heavy atom. The second-order valence-electron chi connectivity index (χ2n) is 6.77. The van der Waals surface area contributed by atoms with Gasteiger partial charge in [0.25, 0.3) is 11.8 Å². The van der Waals surface area contributed by atoms with E-state index in [1.54, 1.807) is 36.4 Å². The fourth-order valence-electron chi connectivity index (χ4n) is 2.64. The lowest BCUT2D eigenvalue weighted by molar-refractivity contribution is 0.0948. The van der Waals surface area contributed by atoms with Gasteiger partial charge in [-0.3, -0.25) is 9.59 Å². The summed E-state index contributed by atoms with van der Waals surface area (Å²) in [5.41, 5.74) is 7.70. The van der Waals surface area contributed by atoms with Crippen LogP contribution < -0.4 is 5.73 Å². The van der Waals surface area contributed by atoms with Gasteiger partial charge < -0.3 is 5.73 Å². The van der Waals surface area contributed by atoms with E-state index in [4.69, 9.17) is 5.73 Å². The molecule has 3 rings (SSSR count). The monoisotopic (exact) mass is 321 g/mol. The number of aromatic nitrogens is 2. The minimum atomic E-state index is -0.652. The van der Waals surface area contributed by atoms with Crippen LogP contribution in [-0.4, -0.2) is 21.6 Å². The molecule has 2 N–H and O–H groups in total. The molecule has 0 aliphatic rings. The van der Waals surface area contributed by atoms with E-state index in [9.17, 15) is 9.59 Å². The maximum Gasteiger partial charge on any atom is 0.278 e. The van der Waals surface area contributed by atoms with E-state index in [2.05, 4.69) is 25.9 Å². The van der Waals surface area contributed by atoms with E-state index in [-0.39, 0.29) is 17.0 Å². The molecular formula is C19H19N3O2. The topological polar surface area (TPSA) is 78.0 Å². The number of hydrogen-bond acceptors (Lipinski definition) is 3. The quantitative estimate of drug-likeness (QED) is 0.787. The second-order valence-corrected chi connectivity index (χ2v) is 6.77. The zero-order valence-corrected chi connectivity index (χ0v) is 13.9. The molecule has 1 heterocycles. The average Bonchev–Trinajstić information content (AvgIpc) is 2.93. The molecule has 0 radical (unpaired) electrons. The van der Waals surface area contributed by atoms with Crippen LogP contribution in [0, 0.1) is 0 Å². The SMILES string of the molecule is CC(C)(C)c1ccc(C(=O)n2nc(C(N)=O)c3ccccc32)cc1. The molecule has 2 aromatic carbocycles. The summed E-state index contributed by atoms with van der Waals surface area (Å²) in [7, 11) is 0. The molecule has 0 spiro atoms. The van der Waals surface area contributed by atoms with Crippen LogP contribution in [0.25, 0.3) is 10.9 Å². The molecule has 0 saturated carbocycles. The third-order valence-corrected chi connectivity index (χ3v) is 4.01. The van der Waals surface area contributed by atoms with Gasteiger partial charge in [0, 0.05) is 10.9 Å². The molecule has 0 bridgehead atoms. The molecule has 3 aromatic rings. The van der Waals surface area contributed by atoms with E-state index in [0.29, 0.717) is 16.5 Å². The molecule has 1 aromatic heterocycles. The normalized spacial score (nSPS) is 11.6. The highest BCUT2D eigenvalue weighted by molar-refractivity contribution is 6.08. The lowest BCUT2D eigenvalue weighted by Crippen LogP contribution is -2.17. The Morgan fingerprint density at radius 3 is 2.21 bits per heavy atom. The third-order valence-electron chi connectivity index (χ3n) is 4.01. The third kappa shape index (κ3) is 2.69. The van der Waals surface area contributed by atoms with Crippen LogP contribution in [0.2, 0.25) is 0 Å². The summed E-state index contributed by atoms with van der Waals surface area (Å²) in [5, 5.41) is 4.70. The van der Waals surface area contributed by atoms with Crippen molar-refractivity contribution in [2.24, 2.45) is 5.73 Å². The predicted molar refractivity (Wildman–Crippen MR) is 93.1 cm³/mol. The Bertz CT molecular complexity index is 931. The van der Waals surface area contributed by atoms with Crippen molar-refractivity contribution in [3.8, 4) is 0 Å². The molecule has 0 atom stereocenters. The van der Waals surface area contributed by atoms with Gasteiger partial charge in [0.05, 0.1) is 5.52 Å². The number of fused-ring (bicyclic) bond motifs is 1. The number of para-hydroxylation sites is 1. The van der Waals surface area contributed by atoms with E-state index in [1.165, 1.54) is 4.68 Å². The van der Waals surface area contributed by atoms with Crippen LogP contribution in [0.5, 0.6) is 0 Å². The van der Waals surface area contributed by atoms with E-state index in [0.717, 1.165) is 5.56 Å². The molecule has 0 unspecified atom stereocenters. The largest absolute Gasteiger partial charge is 0.364 e. The van der Waals surface area contributed by atoms with Gasteiger partial charge in [-0.25, -0.2) is 0 Å². The van der Waals surface area contributed by atoms with Crippen molar-refractivity contribution in [3.05, 3.63) is 65.4 Å². The van der Waals surface area contributed by atoms with Gasteiger partial charge in [0.15, 0.2) is 5.69 Å². The maximum atomic E-state index is 12.8. The summed E-state index contributed by atoms with van der Waals surface area (Å²) in [6.45, 7) is 6.35. The highest BCUT2D eigenvalue weighted by atomic mass is 16.2. The highest BCUT2D eigenvalue weighted by Gasteiger charge is 2.20. The standard InChI is InChI=1S/C19H19N3O2/c1-19(2,3)13-10-8-12(9-11-13)18(24)22-15-7-5-4-6-14(15)16(21-22)17(20)23/h4-11H,1-3H3,(H2,20,23). The van der Waals surface area contributed by atoms with Gasteiger partial charge in [-0.2, -0.15) is 9.78 Å². The molecule has 5 nitrogen and oxygen atoms in total. The first-order chi connectivity index (χ1) is 11.3. The van der Waals surface area contributed by atoms with E-state index < -0.39 is 5.91 Å². The minimum absolute atomic E-state index is 0.0130. The van der Waals surface area contributed by atoms with Crippen molar-refractivity contribution < 1.29 is 9.59 Å². The van der Waals surface area contributed by atoms with Crippen molar-refractivity contribution >= 4 is 22.7 Å². The Hall–Kier alpha value is -2.95. The van der Waals surface area contributed by atoms with Crippen molar-refractivity contribution in [2.75, 3.05) is 0 Å². The molecule has 0 saturated heterocycles. The predicted octanol–water partition coefficient (Wildman–Crippen LogP) is 3.12. The molecule has 0 aliphatic heterocycles. The zero-order valence-electron chi connectivity index (χ0n) is 13.9. The Labute approximate surface area is 140 Å². The summed E-state index contributed by atoms with van der Waals surface area (Å²) >= 11 is 0. The molecule has 1 amide bonds. The Morgan fingerprint density at radius 2 is 1.62 bits per heavy atom. The minimum Gasteiger partial charge on any atom is -0.364 e. The van der Waals surface area contributed by atoms with E-state index >= 15 is 0 Å². The van der Waals surface area contributed by atoms with Crippen LogP contribution in [0.15, 0.2) is 48.5 Å². The van der Waals surface area contributed by atoms with Crippen molar-refractivity contribution in [3.63, 3.8) is 0 Å². The summed E-state index contributed by atoms with van der Waals surface area (Å²) in [6, 6.07) is 14.5. The molecule has 5 heteroatoms. The molecule has 24 heavy (non-hydrogen) atoms. The van der Waals surface area contributed by atoms with Gasteiger partial charge in [-0.1, -0.05) is 51.1 Å². The van der Waals surface area contributed by atoms with Crippen LogP contribution in [0.4, 0.5) is 0 Å².